The lowest BCUT2D eigenvalue weighted by Crippen LogP contribution is -2.33. The summed E-state index contributed by atoms with van der Waals surface area (Å²) in [6.07, 6.45) is 9.91. The fourth-order valence-corrected chi connectivity index (χ4v) is 3.66. The summed E-state index contributed by atoms with van der Waals surface area (Å²) < 4.78 is 0. The number of rotatable bonds is 6. The minimum atomic E-state index is 0.268. The average Bonchev–Trinajstić information content (AvgIpc) is 2.93. The van der Waals surface area contributed by atoms with Gasteiger partial charge in [0.2, 0.25) is 5.91 Å². The maximum Gasteiger partial charge on any atom is 0.220 e. The molecule has 0 radical (unpaired) electrons. The van der Waals surface area contributed by atoms with Gasteiger partial charge in [0.15, 0.2) is 0 Å². The average molecular weight is 266 g/mol. The van der Waals surface area contributed by atoms with Crippen molar-refractivity contribution in [2.24, 2.45) is 17.8 Å². The van der Waals surface area contributed by atoms with Gasteiger partial charge in [0, 0.05) is 13.0 Å². The van der Waals surface area contributed by atoms with Gasteiger partial charge < -0.3 is 10.6 Å². The molecule has 0 aromatic carbocycles. The van der Waals surface area contributed by atoms with Crippen LogP contribution < -0.4 is 10.6 Å². The van der Waals surface area contributed by atoms with E-state index < -0.39 is 0 Å². The van der Waals surface area contributed by atoms with Crippen LogP contribution in [0.1, 0.15) is 58.3 Å². The minimum absolute atomic E-state index is 0.268. The van der Waals surface area contributed by atoms with Crippen LogP contribution in [0.2, 0.25) is 0 Å². The molecule has 110 valence electrons. The van der Waals surface area contributed by atoms with Crippen LogP contribution in [0.25, 0.3) is 0 Å². The summed E-state index contributed by atoms with van der Waals surface area (Å²) in [4.78, 5) is 11.9. The second-order valence-electron chi connectivity index (χ2n) is 6.56. The first-order valence-electron chi connectivity index (χ1n) is 8.23. The molecule has 1 atom stereocenters. The SMILES string of the molecule is CC(CC(=O)NCCC1CCCC1)C1CCNCC1. The second-order valence-corrected chi connectivity index (χ2v) is 6.56. The Labute approximate surface area is 117 Å². The summed E-state index contributed by atoms with van der Waals surface area (Å²) in [5.41, 5.74) is 0. The number of carbonyl (C=O) groups excluding carboxylic acids is 1. The first-order chi connectivity index (χ1) is 9.25. The Morgan fingerprint density at radius 2 is 1.89 bits per heavy atom. The number of nitrogens with one attached hydrogen (secondary N) is 2. The third-order valence-corrected chi connectivity index (χ3v) is 5.05. The fourth-order valence-electron chi connectivity index (χ4n) is 3.66. The van der Waals surface area contributed by atoms with Crippen molar-refractivity contribution < 1.29 is 4.79 Å². The van der Waals surface area contributed by atoms with Crippen LogP contribution in [0, 0.1) is 17.8 Å². The van der Waals surface area contributed by atoms with Gasteiger partial charge in [-0.1, -0.05) is 32.6 Å². The maximum atomic E-state index is 11.9. The topological polar surface area (TPSA) is 41.1 Å². The van der Waals surface area contributed by atoms with E-state index in [-0.39, 0.29) is 5.91 Å². The third kappa shape index (κ3) is 5.13. The Balaban J connectivity index is 1.57. The van der Waals surface area contributed by atoms with E-state index in [1.807, 2.05) is 0 Å². The monoisotopic (exact) mass is 266 g/mol. The van der Waals surface area contributed by atoms with Gasteiger partial charge in [0.25, 0.3) is 0 Å². The van der Waals surface area contributed by atoms with Gasteiger partial charge in [-0.25, -0.2) is 0 Å². The molecular weight excluding hydrogens is 236 g/mol. The normalized spacial score (nSPS) is 23.4. The van der Waals surface area contributed by atoms with Gasteiger partial charge >= 0.3 is 0 Å². The van der Waals surface area contributed by atoms with E-state index in [2.05, 4.69) is 17.6 Å². The Morgan fingerprint density at radius 3 is 2.58 bits per heavy atom. The van der Waals surface area contributed by atoms with E-state index in [1.54, 1.807) is 0 Å². The van der Waals surface area contributed by atoms with Gasteiger partial charge in [-0.05, 0) is 50.1 Å². The first kappa shape index (κ1) is 14.8. The lowest BCUT2D eigenvalue weighted by molar-refractivity contribution is -0.122. The molecule has 2 fully saturated rings. The van der Waals surface area contributed by atoms with E-state index in [0.717, 1.165) is 37.9 Å². The van der Waals surface area contributed by atoms with Crippen molar-refractivity contribution in [3.63, 3.8) is 0 Å². The third-order valence-electron chi connectivity index (χ3n) is 5.05. The highest BCUT2D eigenvalue weighted by molar-refractivity contribution is 5.76. The van der Waals surface area contributed by atoms with Gasteiger partial charge in [-0.3, -0.25) is 4.79 Å². The highest BCUT2D eigenvalue weighted by Crippen LogP contribution is 2.27. The molecule has 2 aliphatic rings. The Kier molecular flexibility index (Phi) is 6.15. The Hall–Kier alpha value is -0.570. The zero-order valence-electron chi connectivity index (χ0n) is 12.4. The number of carbonyl (C=O) groups is 1. The van der Waals surface area contributed by atoms with E-state index >= 15 is 0 Å². The molecule has 2 rings (SSSR count). The largest absolute Gasteiger partial charge is 0.356 e. The lowest BCUT2D eigenvalue weighted by Gasteiger charge is -2.27. The quantitative estimate of drug-likeness (QED) is 0.776. The molecule has 3 nitrogen and oxygen atoms in total. The molecule has 1 saturated heterocycles. The van der Waals surface area contributed by atoms with Crippen LogP contribution >= 0.6 is 0 Å². The lowest BCUT2D eigenvalue weighted by atomic mass is 9.84. The molecule has 1 aliphatic heterocycles. The zero-order valence-corrected chi connectivity index (χ0v) is 12.4. The van der Waals surface area contributed by atoms with Crippen LogP contribution in [0.15, 0.2) is 0 Å². The van der Waals surface area contributed by atoms with Crippen LogP contribution in [0.3, 0.4) is 0 Å². The standard InChI is InChI=1S/C16H30N2O/c1-13(15-7-9-17-10-8-15)12-16(19)18-11-6-14-4-2-3-5-14/h13-15,17H,2-12H2,1H3,(H,18,19). The summed E-state index contributed by atoms with van der Waals surface area (Å²) in [6, 6.07) is 0. The number of piperidine rings is 1. The van der Waals surface area contributed by atoms with Crippen molar-refractivity contribution in [3.8, 4) is 0 Å². The number of hydrogen-bond donors (Lipinski definition) is 2. The summed E-state index contributed by atoms with van der Waals surface area (Å²) >= 11 is 0. The maximum absolute atomic E-state index is 11.9. The first-order valence-corrected chi connectivity index (χ1v) is 8.23. The van der Waals surface area contributed by atoms with Gasteiger partial charge in [-0.15, -0.1) is 0 Å². The van der Waals surface area contributed by atoms with E-state index in [4.69, 9.17) is 0 Å². The number of amides is 1. The van der Waals surface area contributed by atoms with Crippen molar-refractivity contribution >= 4 is 5.91 Å². The zero-order chi connectivity index (χ0) is 13.5. The van der Waals surface area contributed by atoms with Crippen molar-refractivity contribution in [1.82, 2.24) is 10.6 Å². The number of hydrogen-bond acceptors (Lipinski definition) is 2. The fraction of sp³-hybridized carbons (Fsp3) is 0.938. The van der Waals surface area contributed by atoms with Gasteiger partial charge in [-0.2, -0.15) is 0 Å². The summed E-state index contributed by atoms with van der Waals surface area (Å²) in [7, 11) is 0. The Morgan fingerprint density at radius 1 is 1.21 bits per heavy atom. The molecule has 0 spiro atoms. The predicted octanol–water partition coefficient (Wildman–Crippen LogP) is 2.71. The van der Waals surface area contributed by atoms with Crippen molar-refractivity contribution in [2.75, 3.05) is 19.6 Å². The molecule has 1 unspecified atom stereocenters. The van der Waals surface area contributed by atoms with E-state index in [9.17, 15) is 4.79 Å². The summed E-state index contributed by atoms with van der Waals surface area (Å²) in [6.45, 7) is 5.38. The molecule has 1 heterocycles. The van der Waals surface area contributed by atoms with Crippen LogP contribution in [0.5, 0.6) is 0 Å². The molecule has 0 bridgehead atoms. The molecule has 3 heteroatoms. The Bertz CT molecular complexity index is 268. The van der Waals surface area contributed by atoms with Gasteiger partial charge in [0.05, 0.1) is 0 Å². The van der Waals surface area contributed by atoms with Crippen molar-refractivity contribution in [3.05, 3.63) is 0 Å². The molecular formula is C16H30N2O. The summed E-state index contributed by atoms with van der Waals surface area (Å²) in [5, 5.41) is 6.51. The van der Waals surface area contributed by atoms with E-state index in [1.165, 1.54) is 44.9 Å². The molecule has 1 saturated carbocycles. The molecule has 2 N–H and O–H groups in total. The predicted molar refractivity (Wildman–Crippen MR) is 79.0 cm³/mol. The van der Waals surface area contributed by atoms with Crippen LogP contribution in [0.4, 0.5) is 0 Å². The molecule has 0 aromatic rings. The van der Waals surface area contributed by atoms with Crippen molar-refractivity contribution in [1.29, 1.82) is 0 Å². The van der Waals surface area contributed by atoms with E-state index in [0.29, 0.717) is 5.92 Å². The molecule has 1 amide bonds. The smallest absolute Gasteiger partial charge is 0.220 e. The molecule has 1 aliphatic carbocycles. The second kappa shape index (κ2) is 7.88. The molecule has 0 aromatic heterocycles. The van der Waals surface area contributed by atoms with Crippen molar-refractivity contribution in [2.45, 2.75) is 58.3 Å². The van der Waals surface area contributed by atoms with Gasteiger partial charge in [0.1, 0.15) is 0 Å². The van der Waals surface area contributed by atoms with Crippen LogP contribution in [-0.4, -0.2) is 25.5 Å². The highest BCUT2D eigenvalue weighted by Gasteiger charge is 2.22. The summed E-state index contributed by atoms with van der Waals surface area (Å²) in [5.74, 6) is 2.42. The van der Waals surface area contributed by atoms with Crippen LogP contribution in [-0.2, 0) is 4.79 Å². The highest BCUT2D eigenvalue weighted by atomic mass is 16.1. The molecule has 19 heavy (non-hydrogen) atoms. The minimum Gasteiger partial charge on any atom is -0.356 e.